The molecule has 3 aromatic rings. The summed E-state index contributed by atoms with van der Waals surface area (Å²) in [5.41, 5.74) is 8.85. The van der Waals surface area contributed by atoms with E-state index in [1.54, 1.807) is 18.2 Å². The van der Waals surface area contributed by atoms with Crippen LogP contribution in [0.4, 0.5) is 5.69 Å². The Labute approximate surface area is 137 Å². The Hall–Kier alpha value is -2.57. The summed E-state index contributed by atoms with van der Waals surface area (Å²) in [7, 11) is 0. The predicted molar refractivity (Wildman–Crippen MR) is 91.3 cm³/mol. The number of nitrogens with two attached hydrogens (primary N) is 1. The Morgan fingerprint density at radius 3 is 2.57 bits per heavy atom. The largest absolute Gasteiger partial charge is 0.322 e. The SMILES string of the molecule is N[C@@H](Cc1ccccc1[N+](=O)[O-])c1nc(-c2ccccc2)cs1. The number of nitro groups is 1. The highest BCUT2D eigenvalue weighted by atomic mass is 32.1. The van der Waals surface area contributed by atoms with E-state index in [0.29, 0.717) is 12.0 Å². The van der Waals surface area contributed by atoms with Crippen molar-refractivity contribution in [1.82, 2.24) is 4.98 Å². The monoisotopic (exact) mass is 325 g/mol. The number of para-hydroxylation sites is 1. The molecule has 0 saturated carbocycles. The maximum Gasteiger partial charge on any atom is 0.272 e. The van der Waals surface area contributed by atoms with Crippen LogP contribution in [0.5, 0.6) is 0 Å². The van der Waals surface area contributed by atoms with E-state index in [-0.39, 0.29) is 16.7 Å². The summed E-state index contributed by atoms with van der Waals surface area (Å²) in [5, 5.41) is 13.8. The van der Waals surface area contributed by atoms with Gasteiger partial charge in [-0.25, -0.2) is 4.98 Å². The number of nitro benzene ring substituents is 1. The molecule has 0 fully saturated rings. The van der Waals surface area contributed by atoms with Crippen molar-refractivity contribution in [2.75, 3.05) is 0 Å². The molecule has 0 aliphatic heterocycles. The van der Waals surface area contributed by atoms with Crippen molar-refractivity contribution >= 4 is 17.0 Å². The first-order valence-electron chi connectivity index (χ1n) is 7.14. The van der Waals surface area contributed by atoms with Gasteiger partial charge in [-0.2, -0.15) is 0 Å². The third kappa shape index (κ3) is 3.44. The van der Waals surface area contributed by atoms with Crippen molar-refractivity contribution in [3.63, 3.8) is 0 Å². The minimum Gasteiger partial charge on any atom is -0.322 e. The maximum absolute atomic E-state index is 11.1. The summed E-state index contributed by atoms with van der Waals surface area (Å²) < 4.78 is 0. The zero-order valence-electron chi connectivity index (χ0n) is 12.3. The Balaban J connectivity index is 1.81. The van der Waals surface area contributed by atoms with Crippen LogP contribution in [0, 0.1) is 10.1 Å². The van der Waals surface area contributed by atoms with E-state index in [9.17, 15) is 10.1 Å². The number of hydrogen-bond donors (Lipinski definition) is 1. The molecule has 2 aromatic carbocycles. The van der Waals surface area contributed by atoms with Crippen molar-refractivity contribution in [1.29, 1.82) is 0 Å². The molecule has 0 amide bonds. The molecular formula is C17H15N3O2S. The van der Waals surface area contributed by atoms with Crippen molar-refractivity contribution in [3.8, 4) is 11.3 Å². The lowest BCUT2D eigenvalue weighted by Gasteiger charge is -2.08. The molecule has 0 saturated heterocycles. The van der Waals surface area contributed by atoms with Gasteiger partial charge in [-0.1, -0.05) is 48.5 Å². The summed E-state index contributed by atoms with van der Waals surface area (Å²) >= 11 is 1.48. The van der Waals surface area contributed by atoms with E-state index < -0.39 is 0 Å². The average molecular weight is 325 g/mol. The van der Waals surface area contributed by atoms with Gasteiger partial charge in [0.1, 0.15) is 5.01 Å². The van der Waals surface area contributed by atoms with E-state index in [1.807, 2.05) is 35.7 Å². The van der Waals surface area contributed by atoms with Crippen LogP contribution >= 0.6 is 11.3 Å². The van der Waals surface area contributed by atoms with Crippen LogP contribution in [-0.2, 0) is 6.42 Å². The molecule has 0 aliphatic carbocycles. The molecule has 0 unspecified atom stereocenters. The second kappa shape index (κ2) is 6.68. The molecule has 1 aromatic heterocycles. The Morgan fingerprint density at radius 1 is 1.13 bits per heavy atom. The molecule has 2 N–H and O–H groups in total. The lowest BCUT2D eigenvalue weighted by Crippen LogP contribution is -2.14. The zero-order valence-corrected chi connectivity index (χ0v) is 13.1. The third-order valence-electron chi connectivity index (χ3n) is 3.54. The summed E-state index contributed by atoms with van der Waals surface area (Å²) in [6, 6.07) is 16.2. The molecule has 1 atom stereocenters. The Morgan fingerprint density at radius 2 is 1.83 bits per heavy atom. The van der Waals surface area contributed by atoms with Gasteiger partial charge in [-0.3, -0.25) is 10.1 Å². The first kappa shape index (κ1) is 15.3. The molecule has 23 heavy (non-hydrogen) atoms. The van der Waals surface area contributed by atoms with Crippen LogP contribution in [0.2, 0.25) is 0 Å². The number of nitrogens with zero attached hydrogens (tertiary/aromatic N) is 2. The van der Waals surface area contributed by atoms with Gasteiger partial charge in [0.05, 0.1) is 16.7 Å². The standard InChI is InChI=1S/C17H15N3O2S/c18-14(10-13-8-4-5-9-16(13)20(21)22)17-19-15(11-23-17)12-6-2-1-3-7-12/h1-9,11,14H,10,18H2/t14-/m0/s1. The molecule has 0 spiro atoms. The highest BCUT2D eigenvalue weighted by Crippen LogP contribution is 2.28. The number of hydrogen-bond acceptors (Lipinski definition) is 5. The normalized spacial score (nSPS) is 12.0. The van der Waals surface area contributed by atoms with Gasteiger partial charge in [-0.05, 0) is 0 Å². The van der Waals surface area contributed by atoms with E-state index in [0.717, 1.165) is 16.3 Å². The second-order valence-electron chi connectivity index (χ2n) is 5.13. The number of thiazole rings is 1. The topological polar surface area (TPSA) is 82.0 Å². The average Bonchev–Trinajstić information content (AvgIpc) is 3.06. The van der Waals surface area contributed by atoms with Crippen LogP contribution in [0.3, 0.4) is 0 Å². The minimum absolute atomic E-state index is 0.0998. The molecule has 6 heteroatoms. The van der Waals surface area contributed by atoms with Crippen molar-refractivity contribution in [2.24, 2.45) is 5.73 Å². The van der Waals surface area contributed by atoms with Crippen molar-refractivity contribution in [3.05, 3.63) is 80.7 Å². The first-order valence-corrected chi connectivity index (χ1v) is 8.02. The summed E-state index contributed by atoms with van der Waals surface area (Å²) in [4.78, 5) is 15.3. The fourth-order valence-corrected chi connectivity index (χ4v) is 3.22. The summed E-state index contributed by atoms with van der Waals surface area (Å²) in [5.74, 6) is 0. The number of aromatic nitrogens is 1. The van der Waals surface area contributed by atoms with Crippen LogP contribution in [-0.4, -0.2) is 9.91 Å². The molecule has 1 heterocycles. The molecule has 0 aliphatic rings. The van der Waals surface area contributed by atoms with E-state index in [2.05, 4.69) is 4.98 Å². The molecule has 0 bridgehead atoms. The lowest BCUT2D eigenvalue weighted by atomic mass is 10.1. The van der Waals surface area contributed by atoms with Gasteiger partial charge < -0.3 is 5.73 Å². The molecule has 0 radical (unpaired) electrons. The van der Waals surface area contributed by atoms with Gasteiger partial charge in [0.25, 0.3) is 5.69 Å². The fraction of sp³-hybridized carbons (Fsp3) is 0.118. The van der Waals surface area contributed by atoms with Gasteiger partial charge in [-0.15, -0.1) is 11.3 Å². The maximum atomic E-state index is 11.1. The van der Waals surface area contributed by atoms with Crippen molar-refractivity contribution in [2.45, 2.75) is 12.5 Å². The minimum atomic E-state index is -0.376. The zero-order chi connectivity index (χ0) is 16.2. The van der Waals surface area contributed by atoms with Crippen molar-refractivity contribution < 1.29 is 4.92 Å². The molecular weight excluding hydrogens is 310 g/mol. The predicted octanol–water partition coefficient (Wildman–Crippen LogP) is 3.96. The first-order chi connectivity index (χ1) is 11.1. The lowest BCUT2D eigenvalue weighted by molar-refractivity contribution is -0.385. The number of rotatable bonds is 5. The molecule has 5 nitrogen and oxygen atoms in total. The van der Waals surface area contributed by atoms with E-state index in [4.69, 9.17) is 5.73 Å². The second-order valence-corrected chi connectivity index (χ2v) is 6.02. The van der Waals surface area contributed by atoms with Crippen LogP contribution in [0.15, 0.2) is 60.0 Å². The van der Waals surface area contributed by atoms with Crippen LogP contribution in [0.25, 0.3) is 11.3 Å². The molecule has 116 valence electrons. The van der Waals surface area contributed by atoms with Gasteiger partial charge >= 0.3 is 0 Å². The van der Waals surface area contributed by atoms with Gasteiger partial charge in [0.2, 0.25) is 0 Å². The summed E-state index contributed by atoms with van der Waals surface area (Å²) in [6.07, 6.45) is 0.388. The quantitative estimate of drug-likeness (QED) is 0.568. The van der Waals surface area contributed by atoms with Crippen LogP contribution in [0.1, 0.15) is 16.6 Å². The Kier molecular flexibility index (Phi) is 4.45. The number of benzene rings is 2. The smallest absolute Gasteiger partial charge is 0.272 e. The van der Waals surface area contributed by atoms with E-state index >= 15 is 0 Å². The van der Waals surface area contributed by atoms with Gasteiger partial charge in [0, 0.05) is 29.0 Å². The third-order valence-corrected chi connectivity index (χ3v) is 4.51. The molecule has 3 rings (SSSR count). The van der Waals surface area contributed by atoms with Crippen LogP contribution < -0.4 is 5.73 Å². The van der Waals surface area contributed by atoms with E-state index in [1.165, 1.54) is 17.4 Å². The highest BCUT2D eigenvalue weighted by Gasteiger charge is 2.18. The Bertz CT molecular complexity index is 817. The fourth-order valence-electron chi connectivity index (χ4n) is 2.39. The highest BCUT2D eigenvalue weighted by molar-refractivity contribution is 7.10. The van der Waals surface area contributed by atoms with Gasteiger partial charge in [0.15, 0.2) is 0 Å². The summed E-state index contributed by atoms with van der Waals surface area (Å²) in [6.45, 7) is 0.